The second-order valence-electron chi connectivity index (χ2n) is 7.38. The first-order valence-electron chi connectivity index (χ1n) is 8.76. The molecule has 2 unspecified atom stereocenters. The van der Waals surface area contributed by atoms with Crippen LogP contribution < -0.4 is 0 Å². The molecule has 4 nitrogen and oxygen atoms in total. The summed E-state index contributed by atoms with van der Waals surface area (Å²) in [6, 6.07) is 0. The summed E-state index contributed by atoms with van der Waals surface area (Å²) < 4.78 is 0. The molecule has 0 spiro atoms. The zero-order chi connectivity index (χ0) is 17.8. The Morgan fingerprint density at radius 3 is 1.00 bits per heavy atom. The maximum atomic E-state index is 4.55. The summed E-state index contributed by atoms with van der Waals surface area (Å²) in [6.07, 6.45) is 2.45. The van der Waals surface area contributed by atoms with Crippen molar-refractivity contribution in [2.45, 2.75) is 105 Å². The van der Waals surface area contributed by atoms with E-state index < -0.39 is 0 Å². The average Bonchev–Trinajstić information content (AvgIpc) is 2.35. The molecule has 0 amide bonds. The van der Waals surface area contributed by atoms with E-state index in [1.807, 2.05) is 0 Å². The molecule has 0 aromatic carbocycles. The van der Waals surface area contributed by atoms with Gasteiger partial charge in [0.25, 0.3) is 0 Å². The minimum atomic E-state index is 0. The van der Waals surface area contributed by atoms with Crippen LogP contribution in [0.25, 0.3) is 21.3 Å². The van der Waals surface area contributed by atoms with Crippen LogP contribution in [0.3, 0.4) is 0 Å². The SMILES string of the molecule is CC[N-]C(CC)[N-]C(C)(C)C.CC[N-]C(CC)[N-]C(C)(C)C.[Co]. The van der Waals surface area contributed by atoms with Crippen LogP contribution in [0, 0.1) is 0 Å². The van der Waals surface area contributed by atoms with E-state index in [0.717, 1.165) is 25.9 Å². The Bertz CT molecular complexity index is 220. The zero-order valence-electron chi connectivity index (χ0n) is 17.1. The molecule has 145 valence electrons. The van der Waals surface area contributed by atoms with Crippen molar-refractivity contribution < 1.29 is 16.8 Å². The molecule has 0 aliphatic rings. The molecule has 0 rings (SSSR count). The van der Waals surface area contributed by atoms with E-state index in [-0.39, 0.29) is 40.2 Å². The predicted molar refractivity (Wildman–Crippen MR) is 102 cm³/mol. The molecule has 0 aliphatic heterocycles. The third kappa shape index (κ3) is 22.3. The zero-order valence-corrected chi connectivity index (χ0v) is 18.1. The van der Waals surface area contributed by atoms with Gasteiger partial charge in [0.1, 0.15) is 0 Å². The molecule has 0 aromatic rings. The Labute approximate surface area is 156 Å². The van der Waals surface area contributed by atoms with Crippen molar-refractivity contribution in [3.05, 3.63) is 21.3 Å². The molecule has 0 heterocycles. The van der Waals surface area contributed by atoms with E-state index in [1.54, 1.807) is 0 Å². The molecule has 0 fully saturated rings. The molecule has 0 saturated carbocycles. The van der Waals surface area contributed by atoms with Crippen molar-refractivity contribution in [3.63, 3.8) is 0 Å². The van der Waals surface area contributed by atoms with Gasteiger partial charge in [-0.15, -0.1) is 11.1 Å². The summed E-state index contributed by atoms with van der Waals surface area (Å²) in [5.41, 5.74) is 0.110. The molecule has 5 heteroatoms. The normalized spacial score (nSPS) is 14.3. The van der Waals surface area contributed by atoms with E-state index in [0.29, 0.717) is 0 Å². The number of hydrogen-bond donors (Lipinski definition) is 0. The van der Waals surface area contributed by atoms with Crippen molar-refractivity contribution >= 4 is 0 Å². The van der Waals surface area contributed by atoms with Crippen LogP contribution in [0.1, 0.15) is 82.1 Å². The Kier molecular flexibility index (Phi) is 18.0. The molecule has 0 aromatic heterocycles. The van der Waals surface area contributed by atoms with Gasteiger partial charge >= 0.3 is 0 Å². The molecule has 1 radical (unpaired) electrons. The van der Waals surface area contributed by atoms with Gasteiger partial charge in [-0.1, -0.05) is 82.1 Å². The summed E-state index contributed by atoms with van der Waals surface area (Å²) in [5, 5.41) is 17.8. The van der Waals surface area contributed by atoms with Crippen molar-refractivity contribution in [3.8, 4) is 0 Å². The van der Waals surface area contributed by atoms with Gasteiger partial charge in [-0.3, -0.25) is 0 Å². The molecule has 23 heavy (non-hydrogen) atoms. The first-order chi connectivity index (χ1) is 9.99. The Morgan fingerprint density at radius 2 is 0.870 bits per heavy atom. The minimum Gasteiger partial charge on any atom is -0.678 e. The fourth-order valence-electron chi connectivity index (χ4n) is 1.84. The molecule has 0 bridgehead atoms. The van der Waals surface area contributed by atoms with Crippen molar-refractivity contribution in [2.75, 3.05) is 13.1 Å². The van der Waals surface area contributed by atoms with Gasteiger partial charge in [0.2, 0.25) is 0 Å². The quantitative estimate of drug-likeness (QED) is 0.463. The van der Waals surface area contributed by atoms with Gasteiger partial charge in [0, 0.05) is 16.8 Å². The number of hydrogen-bond acceptors (Lipinski definition) is 0. The summed E-state index contributed by atoms with van der Waals surface area (Å²) in [4.78, 5) is 0. The predicted octanol–water partition coefficient (Wildman–Crippen LogP) is 6.57. The molecular weight excluding hydrogens is 331 g/mol. The van der Waals surface area contributed by atoms with Crippen LogP contribution in [0.5, 0.6) is 0 Å². The first kappa shape index (κ1) is 28.2. The van der Waals surface area contributed by atoms with Gasteiger partial charge in [0.15, 0.2) is 0 Å². The second-order valence-corrected chi connectivity index (χ2v) is 7.38. The van der Waals surface area contributed by atoms with Crippen molar-refractivity contribution in [2.24, 2.45) is 0 Å². The monoisotopic (exact) mass is 371 g/mol. The van der Waals surface area contributed by atoms with E-state index >= 15 is 0 Å². The summed E-state index contributed by atoms with van der Waals surface area (Å²) in [6.45, 7) is 22.8. The standard InChI is InChI=1S/2C9H20N2.Co/c2*1-6-8(10-7-2)11-9(3,4)5;/h2*8H,6-7H2,1-5H3;/q2*-2;. The van der Waals surface area contributed by atoms with Crippen LogP contribution in [-0.2, 0) is 16.8 Å². The van der Waals surface area contributed by atoms with Crippen LogP contribution >= 0.6 is 0 Å². The van der Waals surface area contributed by atoms with Gasteiger partial charge in [0.05, 0.1) is 0 Å². The van der Waals surface area contributed by atoms with E-state index in [2.05, 4.69) is 90.5 Å². The fourth-order valence-corrected chi connectivity index (χ4v) is 1.84. The molecule has 0 N–H and O–H groups in total. The molecular formula is C18H40CoN4-4. The minimum absolute atomic E-state index is 0. The third-order valence-corrected chi connectivity index (χ3v) is 2.59. The summed E-state index contributed by atoms with van der Waals surface area (Å²) >= 11 is 0. The van der Waals surface area contributed by atoms with Crippen LogP contribution in [-0.4, -0.2) is 36.5 Å². The topological polar surface area (TPSA) is 56.4 Å². The van der Waals surface area contributed by atoms with E-state index in [9.17, 15) is 0 Å². The number of rotatable bonds is 8. The van der Waals surface area contributed by atoms with Gasteiger partial charge in [-0.2, -0.15) is 13.1 Å². The van der Waals surface area contributed by atoms with E-state index in [4.69, 9.17) is 0 Å². The van der Waals surface area contributed by atoms with Gasteiger partial charge in [-0.25, -0.2) is 12.3 Å². The van der Waals surface area contributed by atoms with Crippen LogP contribution in [0.15, 0.2) is 0 Å². The van der Waals surface area contributed by atoms with Gasteiger partial charge < -0.3 is 21.3 Å². The molecule has 0 saturated heterocycles. The first-order valence-corrected chi connectivity index (χ1v) is 8.76. The maximum Gasteiger partial charge on any atom is 0 e. The van der Waals surface area contributed by atoms with Crippen molar-refractivity contribution in [1.29, 1.82) is 0 Å². The molecule has 0 aliphatic carbocycles. The van der Waals surface area contributed by atoms with Gasteiger partial charge in [-0.05, 0) is 0 Å². The maximum absolute atomic E-state index is 4.55. The Morgan fingerprint density at radius 1 is 0.609 bits per heavy atom. The third-order valence-electron chi connectivity index (χ3n) is 2.59. The fraction of sp³-hybridized carbons (Fsp3) is 1.00. The smallest absolute Gasteiger partial charge is 0 e. The van der Waals surface area contributed by atoms with Crippen LogP contribution in [0.4, 0.5) is 0 Å². The summed E-state index contributed by atoms with van der Waals surface area (Å²) in [5.74, 6) is 0. The number of nitrogens with zero attached hydrogens (tertiary/aromatic N) is 4. The Hall–Kier alpha value is 0.346. The second kappa shape index (κ2) is 14.7. The average molecular weight is 371 g/mol. The van der Waals surface area contributed by atoms with Crippen LogP contribution in [0.2, 0.25) is 0 Å². The van der Waals surface area contributed by atoms with Crippen molar-refractivity contribution in [1.82, 2.24) is 0 Å². The largest absolute Gasteiger partial charge is 0.678 e. The summed E-state index contributed by atoms with van der Waals surface area (Å²) in [7, 11) is 0. The van der Waals surface area contributed by atoms with E-state index in [1.165, 1.54) is 0 Å². The molecule has 2 atom stereocenters. The Balaban J connectivity index is -0.000000333.